The number of thioether (sulfide) groups is 1. The highest BCUT2D eigenvalue weighted by Crippen LogP contribution is 2.32. The monoisotopic (exact) mass is 307 g/mol. The number of imide groups is 1. The maximum atomic E-state index is 12.0. The molecule has 1 N–H and O–H groups in total. The van der Waals surface area contributed by atoms with Crippen LogP contribution in [0.5, 0.6) is 5.75 Å². The molecule has 2 amide bonds. The second kappa shape index (κ2) is 6.01. The van der Waals surface area contributed by atoms with E-state index in [1.165, 1.54) is 0 Å². The van der Waals surface area contributed by atoms with E-state index in [1.54, 1.807) is 25.3 Å². The molecule has 6 nitrogen and oxygen atoms in total. The first kappa shape index (κ1) is 15.1. The van der Waals surface area contributed by atoms with Gasteiger partial charge in [0.1, 0.15) is 12.3 Å². The Hall–Kier alpha value is -2.28. The highest BCUT2D eigenvalue weighted by molar-refractivity contribution is 8.18. The lowest BCUT2D eigenvalue weighted by Crippen LogP contribution is -2.33. The summed E-state index contributed by atoms with van der Waals surface area (Å²) in [6.07, 6.45) is 1.58. The van der Waals surface area contributed by atoms with E-state index in [0.717, 1.165) is 27.8 Å². The van der Waals surface area contributed by atoms with Crippen LogP contribution in [-0.2, 0) is 9.59 Å². The van der Waals surface area contributed by atoms with Gasteiger partial charge in [0.2, 0.25) is 0 Å². The number of carbonyl (C=O) groups is 3. The molecule has 1 aliphatic rings. The summed E-state index contributed by atoms with van der Waals surface area (Å²) in [6, 6.07) is 5.34. The number of benzene rings is 1. The summed E-state index contributed by atoms with van der Waals surface area (Å²) in [6.45, 7) is 1.24. The summed E-state index contributed by atoms with van der Waals surface area (Å²) >= 11 is 0.741. The largest absolute Gasteiger partial charge is 0.497 e. The van der Waals surface area contributed by atoms with Crippen molar-refractivity contribution in [1.82, 2.24) is 4.90 Å². The maximum Gasteiger partial charge on any atom is 0.323 e. The van der Waals surface area contributed by atoms with E-state index >= 15 is 0 Å². The van der Waals surface area contributed by atoms with Gasteiger partial charge < -0.3 is 9.84 Å². The molecule has 1 aliphatic heterocycles. The molecule has 1 saturated heterocycles. The Labute approximate surface area is 125 Å². The number of aliphatic carboxylic acids is 1. The molecule has 0 saturated carbocycles. The molecule has 1 aromatic rings. The van der Waals surface area contributed by atoms with Crippen molar-refractivity contribution in [1.29, 1.82) is 0 Å². The Balaban J connectivity index is 2.28. The molecule has 1 aromatic carbocycles. The average molecular weight is 307 g/mol. The molecular weight excluding hydrogens is 294 g/mol. The SMILES string of the molecule is COc1ccc(/C=C2/SC(=O)N(CC(=O)O)C2=O)c(C)c1. The number of nitrogens with zero attached hydrogens (tertiary/aromatic N) is 1. The number of hydrogen-bond acceptors (Lipinski definition) is 5. The van der Waals surface area contributed by atoms with Gasteiger partial charge in [-0.1, -0.05) is 6.07 Å². The molecule has 0 radical (unpaired) electrons. The zero-order valence-electron chi connectivity index (χ0n) is 11.5. The zero-order valence-corrected chi connectivity index (χ0v) is 12.3. The van der Waals surface area contributed by atoms with E-state index in [9.17, 15) is 14.4 Å². The minimum atomic E-state index is -1.22. The van der Waals surface area contributed by atoms with Gasteiger partial charge in [0.15, 0.2) is 0 Å². The van der Waals surface area contributed by atoms with Gasteiger partial charge in [-0.3, -0.25) is 19.3 Å². The van der Waals surface area contributed by atoms with Gasteiger partial charge in [-0.15, -0.1) is 0 Å². The van der Waals surface area contributed by atoms with Crippen molar-refractivity contribution in [3.05, 3.63) is 34.2 Å². The number of carbonyl (C=O) groups excluding carboxylic acids is 2. The van der Waals surface area contributed by atoms with E-state index in [2.05, 4.69) is 0 Å². The summed E-state index contributed by atoms with van der Waals surface area (Å²) in [5.41, 5.74) is 1.66. The third kappa shape index (κ3) is 3.25. The van der Waals surface area contributed by atoms with Crippen LogP contribution in [0.1, 0.15) is 11.1 Å². The van der Waals surface area contributed by atoms with Crippen LogP contribution in [0, 0.1) is 6.92 Å². The van der Waals surface area contributed by atoms with Crippen LogP contribution in [0.3, 0.4) is 0 Å². The van der Waals surface area contributed by atoms with Crippen molar-refractivity contribution in [2.75, 3.05) is 13.7 Å². The Morgan fingerprint density at radius 3 is 2.71 bits per heavy atom. The second-order valence-electron chi connectivity index (χ2n) is 4.38. The van der Waals surface area contributed by atoms with Crippen molar-refractivity contribution in [3.8, 4) is 5.75 Å². The van der Waals surface area contributed by atoms with Crippen molar-refractivity contribution in [2.24, 2.45) is 0 Å². The minimum Gasteiger partial charge on any atom is -0.497 e. The fourth-order valence-corrected chi connectivity index (χ4v) is 2.68. The van der Waals surface area contributed by atoms with Crippen LogP contribution >= 0.6 is 11.8 Å². The van der Waals surface area contributed by atoms with Crippen LogP contribution in [-0.4, -0.2) is 40.8 Å². The van der Waals surface area contributed by atoms with Crippen LogP contribution in [0.25, 0.3) is 6.08 Å². The van der Waals surface area contributed by atoms with Gasteiger partial charge in [0.05, 0.1) is 12.0 Å². The van der Waals surface area contributed by atoms with Gasteiger partial charge in [-0.25, -0.2) is 0 Å². The van der Waals surface area contributed by atoms with Crippen LogP contribution in [0.4, 0.5) is 4.79 Å². The first-order valence-corrected chi connectivity index (χ1v) is 6.86. The fraction of sp³-hybridized carbons (Fsp3) is 0.214. The van der Waals surface area contributed by atoms with Crippen LogP contribution < -0.4 is 4.74 Å². The van der Waals surface area contributed by atoms with E-state index in [1.807, 2.05) is 13.0 Å². The molecule has 0 bridgehead atoms. The summed E-state index contributed by atoms with van der Waals surface area (Å²) in [5, 5.41) is 8.13. The van der Waals surface area contributed by atoms with E-state index in [0.29, 0.717) is 5.75 Å². The minimum absolute atomic E-state index is 0.217. The molecule has 0 aromatic heterocycles. The Bertz CT molecular complexity index is 653. The predicted octanol–water partition coefficient (Wildman–Crippen LogP) is 2.12. The highest BCUT2D eigenvalue weighted by atomic mass is 32.2. The van der Waals surface area contributed by atoms with Gasteiger partial charge >= 0.3 is 5.97 Å². The standard InChI is InChI=1S/C14H13NO5S/c1-8-5-10(20-2)4-3-9(8)6-11-13(18)15(7-12(16)17)14(19)21-11/h3-6H,7H2,1-2H3,(H,16,17)/b11-6+. The van der Waals surface area contributed by atoms with E-state index in [4.69, 9.17) is 9.84 Å². The number of methoxy groups -OCH3 is 1. The lowest BCUT2D eigenvalue weighted by atomic mass is 10.1. The number of ether oxygens (including phenoxy) is 1. The summed E-state index contributed by atoms with van der Waals surface area (Å²) in [4.78, 5) is 35.3. The number of amides is 2. The second-order valence-corrected chi connectivity index (χ2v) is 5.38. The quantitative estimate of drug-likeness (QED) is 0.858. The van der Waals surface area contributed by atoms with E-state index in [-0.39, 0.29) is 4.91 Å². The van der Waals surface area contributed by atoms with Crippen LogP contribution in [0.15, 0.2) is 23.1 Å². The smallest absolute Gasteiger partial charge is 0.323 e. The fourth-order valence-electron chi connectivity index (χ4n) is 1.85. The first-order valence-electron chi connectivity index (χ1n) is 6.04. The topological polar surface area (TPSA) is 83.9 Å². The zero-order chi connectivity index (χ0) is 15.6. The Morgan fingerprint density at radius 2 is 2.14 bits per heavy atom. The Kier molecular flexibility index (Phi) is 4.32. The summed E-state index contributed by atoms with van der Waals surface area (Å²) in [5.74, 6) is -1.11. The summed E-state index contributed by atoms with van der Waals surface area (Å²) in [7, 11) is 1.56. The van der Waals surface area contributed by atoms with Crippen molar-refractivity contribution in [3.63, 3.8) is 0 Å². The number of hydrogen-bond donors (Lipinski definition) is 1. The number of carboxylic acids is 1. The highest BCUT2D eigenvalue weighted by Gasteiger charge is 2.36. The third-order valence-corrected chi connectivity index (χ3v) is 3.84. The predicted molar refractivity (Wildman–Crippen MR) is 78.0 cm³/mol. The molecule has 1 fully saturated rings. The van der Waals surface area contributed by atoms with Crippen molar-refractivity contribution >= 4 is 35.0 Å². The van der Waals surface area contributed by atoms with Crippen molar-refractivity contribution < 1.29 is 24.2 Å². The molecule has 21 heavy (non-hydrogen) atoms. The molecule has 0 atom stereocenters. The lowest BCUT2D eigenvalue weighted by molar-refractivity contribution is -0.140. The molecule has 7 heteroatoms. The van der Waals surface area contributed by atoms with E-state index < -0.39 is 23.7 Å². The molecular formula is C14H13NO5S. The lowest BCUT2D eigenvalue weighted by Gasteiger charge is -2.08. The third-order valence-electron chi connectivity index (χ3n) is 2.93. The van der Waals surface area contributed by atoms with Crippen LogP contribution in [0.2, 0.25) is 0 Å². The summed E-state index contributed by atoms with van der Waals surface area (Å²) < 4.78 is 5.10. The van der Waals surface area contributed by atoms with Gasteiger partial charge in [0.25, 0.3) is 11.1 Å². The first-order chi connectivity index (χ1) is 9.92. The maximum absolute atomic E-state index is 12.0. The number of carboxylic acid groups (broad SMARTS) is 1. The average Bonchev–Trinajstić information content (AvgIpc) is 2.68. The molecule has 1 heterocycles. The van der Waals surface area contributed by atoms with Crippen molar-refractivity contribution in [2.45, 2.75) is 6.92 Å². The number of aryl methyl sites for hydroxylation is 1. The van der Waals surface area contributed by atoms with Gasteiger partial charge in [-0.2, -0.15) is 0 Å². The van der Waals surface area contributed by atoms with Gasteiger partial charge in [0, 0.05) is 0 Å². The number of rotatable bonds is 4. The Morgan fingerprint density at radius 1 is 1.43 bits per heavy atom. The molecule has 0 aliphatic carbocycles. The molecule has 110 valence electrons. The van der Waals surface area contributed by atoms with Gasteiger partial charge in [-0.05, 0) is 48.0 Å². The molecule has 2 rings (SSSR count). The normalized spacial score (nSPS) is 16.7. The molecule has 0 unspecified atom stereocenters. The molecule has 0 spiro atoms.